The Labute approximate surface area is 312 Å². The fourth-order valence-corrected chi connectivity index (χ4v) is 4.78. The first-order valence-electron chi connectivity index (χ1n) is 16.7. The molecule has 0 aliphatic rings. The molecule has 2 amide bonds. The normalized spacial score (nSPS) is 10.1. The summed E-state index contributed by atoms with van der Waals surface area (Å²) >= 11 is 0. The van der Waals surface area contributed by atoms with Crippen LogP contribution in [0.2, 0.25) is 0 Å². The summed E-state index contributed by atoms with van der Waals surface area (Å²) in [6.07, 6.45) is 0. The number of hydrogen-bond donors (Lipinski definition) is 0. The van der Waals surface area contributed by atoms with Gasteiger partial charge < -0.3 is 30.9 Å². The summed E-state index contributed by atoms with van der Waals surface area (Å²) < 4.78 is 0. The van der Waals surface area contributed by atoms with E-state index < -0.39 is 0 Å². The number of para-hydroxylation sites is 2. The van der Waals surface area contributed by atoms with E-state index in [1.807, 2.05) is 36.4 Å². The maximum atomic E-state index is 12.4. The molecular formula is C42H56N4O2Ti. The molecule has 0 radical (unpaired) electrons. The molecule has 0 saturated heterocycles. The molecule has 0 saturated carbocycles. The molecule has 49 heavy (non-hydrogen) atoms. The molecule has 4 aromatic rings. The Hall–Kier alpha value is -3.55. The van der Waals surface area contributed by atoms with E-state index in [1.54, 1.807) is 52.5 Å². The number of hydrogen-bond acceptors (Lipinski definition) is 2. The van der Waals surface area contributed by atoms with Crippen molar-refractivity contribution in [2.45, 2.75) is 79.1 Å². The molecule has 0 fully saturated rings. The molecule has 6 nitrogen and oxygen atoms in total. The van der Waals surface area contributed by atoms with Crippen LogP contribution >= 0.6 is 0 Å². The Bertz CT molecular complexity index is 1340. The van der Waals surface area contributed by atoms with Gasteiger partial charge in [-0.05, 0) is 34.8 Å². The zero-order chi connectivity index (χ0) is 36.2. The van der Waals surface area contributed by atoms with Crippen molar-refractivity contribution in [3.05, 3.63) is 152 Å². The van der Waals surface area contributed by atoms with E-state index >= 15 is 0 Å². The predicted octanol–water partition coefficient (Wildman–Crippen LogP) is 12.8. The second-order valence-corrected chi connectivity index (χ2v) is 12.6. The van der Waals surface area contributed by atoms with Crippen LogP contribution < -0.4 is 0 Å². The predicted molar refractivity (Wildman–Crippen MR) is 207 cm³/mol. The summed E-state index contributed by atoms with van der Waals surface area (Å²) in [5.74, 6) is 1.00. The van der Waals surface area contributed by atoms with Gasteiger partial charge in [-0.2, -0.15) is 28.2 Å². The number of benzene rings is 4. The number of rotatable bonds is 8. The average Bonchev–Trinajstić information content (AvgIpc) is 3.06. The minimum atomic E-state index is -0.175. The van der Waals surface area contributed by atoms with E-state index in [4.69, 9.17) is 0 Å². The summed E-state index contributed by atoms with van der Waals surface area (Å²) in [5.41, 5.74) is 7.47. The summed E-state index contributed by atoms with van der Waals surface area (Å²) in [5, 5.41) is 15.9. The Morgan fingerprint density at radius 2 is 0.633 bits per heavy atom. The van der Waals surface area contributed by atoms with Crippen molar-refractivity contribution in [2.75, 3.05) is 28.2 Å². The van der Waals surface area contributed by atoms with Crippen LogP contribution in [0.1, 0.15) is 122 Å². The second kappa shape index (κ2) is 24.6. The zero-order valence-corrected chi connectivity index (χ0v) is 33.2. The Morgan fingerprint density at radius 3 is 0.837 bits per heavy atom. The summed E-state index contributed by atoms with van der Waals surface area (Å²) in [6, 6.07) is 30.8. The van der Waals surface area contributed by atoms with Crippen LogP contribution in [0.5, 0.6) is 0 Å². The van der Waals surface area contributed by atoms with Crippen molar-refractivity contribution in [3.8, 4) is 0 Å². The van der Waals surface area contributed by atoms with Crippen LogP contribution in [0.3, 0.4) is 0 Å². The maximum absolute atomic E-state index is 12.4. The van der Waals surface area contributed by atoms with Gasteiger partial charge in [0.15, 0.2) is 0 Å². The Kier molecular flexibility index (Phi) is 22.8. The largest absolute Gasteiger partial charge is 4.00 e. The minimum absolute atomic E-state index is 0. The first-order chi connectivity index (χ1) is 22.8. The van der Waals surface area contributed by atoms with E-state index in [9.17, 15) is 9.59 Å². The molecule has 4 aromatic carbocycles. The molecule has 0 atom stereocenters. The van der Waals surface area contributed by atoms with Crippen molar-refractivity contribution in [3.63, 3.8) is 0 Å². The molecule has 0 aliphatic heterocycles. The molecule has 0 N–H and O–H groups in total. The van der Waals surface area contributed by atoms with Crippen LogP contribution in [0, 0.1) is 0 Å². The van der Waals surface area contributed by atoms with Crippen molar-refractivity contribution in [2.24, 2.45) is 0 Å². The molecule has 0 aromatic heterocycles. The van der Waals surface area contributed by atoms with Crippen LogP contribution in [-0.2, 0) is 21.7 Å². The summed E-state index contributed by atoms with van der Waals surface area (Å²) in [7, 11) is 7.00. The smallest absolute Gasteiger partial charge is 0.668 e. The van der Waals surface area contributed by atoms with E-state index in [0.717, 1.165) is 33.6 Å². The third kappa shape index (κ3) is 15.3. The summed E-state index contributed by atoms with van der Waals surface area (Å²) in [6.45, 7) is 17.0. The van der Waals surface area contributed by atoms with Crippen molar-refractivity contribution in [1.29, 1.82) is 0 Å². The molecule has 0 unspecified atom stereocenters. The van der Waals surface area contributed by atoms with Gasteiger partial charge in [0.25, 0.3) is 0 Å². The molecule has 260 valence electrons. The van der Waals surface area contributed by atoms with Gasteiger partial charge in [0, 0.05) is 0 Å². The number of carbonyl (C=O) groups excluding carboxylic acids is 2. The van der Waals surface area contributed by atoms with E-state index in [2.05, 4.69) is 113 Å². The zero-order valence-electron chi connectivity index (χ0n) is 31.7. The molecular weight excluding hydrogens is 640 g/mol. The third-order valence-electron chi connectivity index (χ3n) is 7.15. The second-order valence-electron chi connectivity index (χ2n) is 12.6. The molecule has 0 bridgehead atoms. The van der Waals surface area contributed by atoms with Crippen LogP contribution in [0.25, 0.3) is 21.3 Å². The quantitative estimate of drug-likeness (QED) is 0.172. The summed E-state index contributed by atoms with van der Waals surface area (Å²) in [4.78, 5) is 24.8. The topological polar surface area (TPSA) is 90.5 Å². The van der Waals surface area contributed by atoms with Gasteiger partial charge >= 0.3 is 21.7 Å². The van der Waals surface area contributed by atoms with Crippen LogP contribution in [0.15, 0.2) is 97.1 Å². The van der Waals surface area contributed by atoms with Gasteiger partial charge in [-0.25, -0.2) is 0 Å². The van der Waals surface area contributed by atoms with Crippen molar-refractivity contribution < 1.29 is 31.3 Å². The first-order valence-corrected chi connectivity index (χ1v) is 16.7. The molecule has 0 heterocycles. The molecule has 0 spiro atoms. The van der Waals surface area contributed by atoms with Crippen molar-refractivity contribution in [1.82, 2.24) is 0 Å². The van der Waals surface area contributed by atoms with Gasteiger partial charge in [-0.15, -0.1) is 11.4 Å². The maximum Gasteiger partial charge on any atom is 4.00 e. The van der Waals surface area contributed by atoms with Gasteiger partial charge in [-0.3, -0.25) is 0 Å². The number of nitrogens with zero attached hydrogens (tertiary/aromatic N) is 4. The van der Waals surface area contributed by atoms with Crippen LogP contribution in [-0.4, -0.2) is 40.0 Å². The monoisotopic (exact) mass is 696 g/mol. The molecule has 0 aliphatic carbocycles. The van der Waals surface area contributed by atoms with Gasteiger partial charge in [0.2, 0.25) is 0 Å². The Balaban J connectivity index is 0.000000796. The first kappa shape index (κ1) is 45.5. The average molecular weight is 697 g/mol. The third-order valence-corrected chi connectivity index (χ3v) is 7.15. The fraction of sp³-hybridized carbons (Fsp3) is 0.381. The standard InChI is InChI=1S/2C19H23NO.2C2H6N.Ti/c2*1-13(2)16-11-8-12-17(14(3)4)18(16)20-19(21)15-9-6-5-7-10-15;2*1-3-2;/h2*5-14H,1-4H3,(H,20,21);2*1-2H3;/q;;2*-1;+4/p-2. The minimum Gasteiger partial charge on any atom is -0.668 e. The number of amides is 2. The van der Waals surface area contributed by atoms with E-state index in [0.29, 0.717) is 34.8 Å². The molecule has 4 rings (SSSR count). The van der Waals surface area contributed by atoms with Crippen molar-refractivity contribution >= 4 is 23.2 Å². The number of carbonyl (C=O) groups is 2. The van der Waals surface area contributed by atoms with Crippen LogP contribution in [0.4, 0.5) is 11.4 Å². The van der Waals surface area contributed by atoms with Gasteiger partial charge in [-0.1, -0.05) is 175 Å². The van der Waals surface area contributed by atoms with E-state index in [1.165, 1.54) is 0 Å². The van der Waals surface area contributed by atoms with Gasteiger partial charge in [0.1, 0.15) is 0 Å². The fourth-order valence-electron chi connectivity index (χ4n) is 4.78. The van der Waals surface area contributed by atoms with Gasteiger partial charge in [0.05, 0.1) is 11.8 Å². The Morgan fingerprint density at radius 1 is 0.408 bits per heavy atom. The SMILES string of the molecule is CC(C)c1cccc(C(C)C)c1[N-]C(=O)c1ccccc1.CC(C)c1cccc(C(C)C)c1[N-]C(=O)c1ccccc1.C[N-]C.C[N-]C.[Ti+4]. The van der Waals surface area contributed by atoms with E-state index in [-0.39, 0.29) is 33.5 Å². The molecule has 7 heteroatoms.